The molecule has 0 radical (unpaired) electrons. The normalized spacial score (nSPS) is 10.2. The van der Waals surface area contributed by atoms with Crippen LogP contribution in [0, 0.1) is 22.9 Å². The summed E-state index contributed by atoms with van der Waals surface area (Å²) in [6, 6.07) is 10.4. The van der Waals surface area contributed by atoms with Crippen molar-refractivity contribution in [3.63, 3.8) is 0 Å². The summed E-state index contributed by atoms with van der Waals surface area (Å²) in [5.74, 6) is -1.47. The van der Waals surface area contributed by atoms with Crippen LogP contribution in [0.15, 0.2) is 42.5 Å². The lowest BCUT2D eigenvalue weighted by Crippen LogP contribution is -2.24. The molecule has 5 nitrogen and oxygen atoms in total. The van der Waals surface area contributed by atoms with Gasteiger partial charge in [0.15, 0.2) is 0 Å². The van der Waals surface area contributed by atoms with Crippen LogP contribution < -0.4 is 5.32 Å². The van der Waals surface area contributed by atoms with Gasteiger partial charge in [0.05, 0.1) is 10.5 Å². The first kappa shape index (κ1) is 14.6. The summed E-state index contributed by atoms with van der Waals surface area (Å²) in [5, 5.41) is 13.2. The maximum atomic E-state index is 13.6. The van der Waals surface area contributed by atoms with Gasteiger partial charge in [-0.3, -0.25) is 14.9 Å². The van der Waals surface area contributed by atoms with Gasteiger partial charge in [0.1, 0.15) is 5.82 Å². The number of hydrogen-bond acceptors (Lipinski definition) is 3. The predicted octanol–water partition coefficient (Wildman–Crippen LogP) is 2.97. The Labute approximate surface area is 120 Å². The molecule has 0 saturated heterocycles. The third-order valence-corrected chi connectivity index (χ3v) is 2.98. The molecule has 0 heterocycles. The minimum Gasteiger partial charge on any atom is -0.348 e. The molecular formula is C15H13FN2O3. The number of benzene rings is 2. The van der Waals surface area contributed by atoms with Crippen molar-refractivity contribution < 1.29 is 14.1 Å². The van der Waals surface area contributed by atoms with E-state index in [0.717, 1.165) is 29.3 Å². The number of nitrogens with one attached hydrogen (secondary N) is 1. The molecule has 108 valence electrons. The Balaban J connectivity index is 2.11. The Kier molecular flexibility index (Phi) is 4.27. The highest BCUT2D eigenvalue weighted by molar-refractivity contribution is 5.95. The molecule has 21 heavy (non-hydrogen) atoms. The van der Waals surface area contributed by atoms with Crippen LogP contribution in [0.3, 0.4) is 0 Å². The molecule has 0 fully saturated rings. The summed E-state index contributed by atoms with van der Waals surface area (Å²) >= 11 is 0. The number of nitro groups is 1. The minimum atomic E-state index is -0.790. The summed E-state index contributed by atoms with van der Waals surface area (Å²) < 4.78 is 13.6. The molecule has 2 aromatic rings. The van der Waals surface area contributed by atoms with Crippen molar-refractivity contribution in [2.75, 3.05) is 0 Å². The Bertz CT molecular complexity index is 684. The number of halogens is 1. The van der Waals surface area contributed by atoms with Gasteiger partial charge in [-0.1, -0.05) is 29.8 Å². The fourth-order valence-corrected chi connectivity index (χ4v) is 1.78. The van der Waals surface area contributed by atoms with Crippen LogP contribution in [-0.4, -0.2) is 10.8 Å². The summed E-state index contributed by atoms with van der Waals surface area (Å²) in [6.07, 6.45) is 0. The quantitative estimate of drug-likeness (QED) is 0.694. The monoisotopic (exact) mass is 288 g/mol. The maximum Gasteiger partial charge on any atom is 0.270 e. The zero-order chi connectivity index (χ0) is 15.4. The fraction of sp³-hybridized carbons (Fsp3) is 0.133. The Hall–Kier alpha value is -2.76. The van der Waals surface area contributed by atoms with Crippen molar-refractivity contribution >= 4 is 11.6 Å². The number of amides is 1. The SMILES string of the molecule is Cc1ccc(CNC(=O)c2cc([N+](=O)[O-])ccc2F)cc1. The van der Waals surface area contributed by atoms with Crippen LogP contribution >= 0.6 is 0 Å². The molecular weight excluding hydrogens is 275 g/mol. The van der Waals surface area contributed by atoms with E-state index in [1.54, 1.807) is 0 Å². The third-order valence-electron chi connectivity index (χ3n) is 2.98. The Morgan fingerprint density at radius 1 is 1.24 bits per heavy atom. The van der Waals surface area contributed by atoms with E-state index in [0.29, 0.717) is 0 Å². The number of carbonyl (C=O) groups excluding carboxylic acids is 1. The van der Waals surface area contributed by atoms with Crippen LogP contribution in [0.1, 0.15) is 21.5 Å². The fourth-order valence-electron chi connectivity index (χ4n) is 1.78. The van der Waals surface area contributed by atoms with E-state index in [-0.39, 0.29) is 17.8 Å². The molecule has 0 aliphatic carbocycles. The van der Waals surface area contributed by atoms with E-state index in [1.807, 2.05) is 31.2 Å². The summed E-state index contributed by atoms with van der Waals surface area (Å²) in [6.45, 7) is 2.17. The van der Waals surface area contributed by atoms with Crippen LogP contribution in [0.2, 0.25) is 0 Å². The molecule has 0 atom stereocenters. The number of nitrogens with zero attached hydrogens (tertiary/aromatic N) is 1. The smallest absolute Gasteiger partial charge is 0.270 e. The van der Waals surface area contributed by atoms with Crippen molar-refractivity contribution in [3.05, 3.63) is 75.1 Å². The van der Waals surface area contributed by atoms with E-state index in [9.17, 15) is 19.3 Å². The van der Waals surface area contributed by atoms with Crippen LogP contribution in [0.4, 0.5) is 10.1 Å². The lowest BCUT2D eigenvalue weighted by molar-refractivity contribution is -0.384. The van der Waals surface area contributed by atoms with Gasteiger partial charge in [-0.25, -0.2) is 4.39 Å². The number of nitro benzene ring substituents is 1. The second-order valence-corrected chi connectivity index (χ2v) is 4.59. The van der Waals surface area contributed by atoms with Gasteiger partial charge in [0, 0.05) is 18.7 Å². The van der Waals surface area contributed by atoms with Crippen molar-refractivity contribution in [2.24, 2.45) is 0 Å². The standard InChI is InChI=1S/C15H13FN2O3/c1-10-2-4-11(5-3-10)9-17-15(19)13-8-12(18(20)21)6-7-14(13)16/h2-8H,9H2,1H3,(H,17,19). The zero-order valence-electron chi connectivity index (χ0n) is 11.3. The van der Waals surface area contributed by atoms with Gasteiger partial charge in [-0.2, -0.15) is 0 Å². The molecule has 0 spiro atoms. The second kappa shape index (κ2) is 6.13. The second-order valence-electron chi connectivity index (χ2n) is 4.59. The highest BCUT2D eigenvalue weighted by Gasteiger charge is 2.16. The van der Waals surface area contributed by atoms with E-state index < -0.39 is 16.6 Å². The summed E-state index contributed by atoms with van der Waals surface area (Å²) in [7, 11) is 0. The molecule has 0 unspecified atom stereocenters. The first-order valence-corrected chi connectivity index (χ1v) is 6.25. The van der Waals surface area contributed by atoms with Crippen molar-refractivity contribution in [2.45, 2.75) is 13.5 Å². The van der Waals surface area contributed by atoms with E-state index in [1.165, 1.54) is 0 Å². The molecule has 0 aliphatic heterocycles. The summed E-state index contributed by atoms with van der Waals surface area (Å²) in [5.41, 5.74) is 1.29. The average molecular weight is 288 g/mol. The number of non-ortho nitro benzene ring substituents is 1. The number of rotatable bonds is 4. The lowest BCUT2D eigenvalue weighted by Gasteiger charge is -2.06. The van der Waals surface area contributed by atoms with Crippen molar-refractivity contribution in [1.82, 2.24) is 5.32 Å². The van der Waals surface area contributed by atoms with Gasteiger partial charge in [0.2, 0.25) is 0 Å². The molecule has 0 aliphatic rings. The first-order chi connectivity index (χ1) is 9.97. The van der Waals surface area contributed by atoms with Crippen molar-refractivity contribution in [1.29, 1.82) is 0 Å². The Morgan fingerprint density at radius 2 is 1.90 bits per heavy atom. The number of carbonyl (C=O) groups is 1. The molecule has 0 saturated carbocycles. The van der Waals surface area contributed by atoms with Gasteiger partial charge in [-0.05, 0) is 18.6 Å². The molecule has 1 N–H and O–H groups in total. The largest absolute Gasteiger partial charge is 0.348 e. The highest BCUT2D eigenvalue weighted by Crippen LogP contribution is 2.16. The number of aryl methyl sites for hydroxylation is 1. The van der Waals surface area contributed by atoms with Gasteiger partial charge in [-0.15, -0.1) is 0 Å². The predicted molar refractivity (Wildman–Crippen MR) is 75.4 cm³/mol. The van der Waals surface area contributed by atoms with Crippen LogP contribution in [-0.2, 0) is 6.54 Å². The Morgan fingerprint density at radius 3 is 2.52 bits per heavy atom. The molecule has 0 aromatic heterocycles. The molecule has 6 heteroatoms. The molecule has 2 rings (SSSR count). The van der Waals surface area contributed by atoms with Crippen molar-refractivity contribution in [3.8, 4) is 0 Å². The van der Waals surface area contributed by atoms with Gasteiger partial charge >= 0.3 is 0 Å². The van der Waals surface area contributed by atoms with Gasteiger partial charge in [0.25, 0.3) is 11.6 Å². The molecule has 0 bridgehead atoms. The first-order valence-electron chi connectivity index (χ1n) is 6.25. The summed E-state index contributed by atoms with van der Waals surface area (Å²) in [4.78, 5) is 21.9. The lowest BCUT2D eigenvalue weighted by atomic mass is 10.1. The molecule has 1 amide bonds. The maximum absolute atomic E-state index is 13.6. The van der Waals surface area contributed by atoms with Crippen LogP contribution in [0.25, 0.3) is 0 Å². The van der Waals surface area contributed by atoms with Gasteiger partial charge < -0.3 is 5.32 Å². The van der Waals surface area contributed by atoms with E-state index >= 15 is 0 Å². The third kappa shape index (κ3) is 3.62. The van der Waals surface area contributed by atoms with E-state index in [2.05, 4.69) is 5.32 Å². The zero-order valence-corrected chi connectivity index (χ0v) is 11.3. The highest BCUT2D eigenvalue weighted by atomic mass is 19.1. The minimum absolute atomic E-state index is 0.223. The topological polar surface area (TPSA) is 72.2 Å². The molecule has 2 aromatic carbocycles. The van der Waals surface area contributed by atoms with Crippen LogP contribution in [0.5, 0.6) is 0 Å². The van der Waals surface area contributed by atoms with E-state index in [4.69, 9.17) is 0 Å². The average Bonchev–Trinajstić information content (AvgIpc) is 2.46. The number of hydrogen-bond donors (Lipinski definition) is 1.